The first-order valence-electron chi connectivity index (χ1n) is 15.0. The summed E-state index contributed by atoms with van der Waals surface area (Å²) in [4.78, 5) is 17.5. The molecule has 9 heteroatoms. The van der Waals surface area contributed by atoms with E-state index in [2.05, 4.69) is 9.80 Å². The lowest BCUT2D eigenvalue weighted by atomic mass is 9.48. The van der Waals surface area contributed by atoms with Gasteiger partial charge in [-0.25, -0.2) is 0 Å². The van der Waals surface area contributed by atoms with Crippen molar-refractivity contribution in [2.45, 2.75) is 80.8 Å². The molecule has 2 heterocycles. The molecular formula is C33H37F3N2O4. The fourth-order valence-electron chi connectivity index (χ4n) is 8.65. The van der Waals surface area contributed by atoms with Gasteiger partial charge in [-0.15, -0.1) is 0 Å². The average molecular weight is 583 g/mol. The van der Waals surface area contributed by atoms with E-state index >= 15 is 0 Å². The molecule has 3 aliphatic carbocycles. The van der Waals surface area contributed by atoms with E-state index < -0.39 is 22.8 Å². The van der Waals surface area contributed by atoms with Gasteiger partial charge in [-0.3, -0.25) is 14.6 Å². The van der Waals surface area contributed by atoms with Crippen LogP contribution >= 0.6 is 0 Å². The van der Waals surface area contributed by atoms with E-state index in [1.807, 2.05) is 19.2 Å². The Hall–Kier alpha value is -3.04. The first-order valence-corrected chi connectivity index (χ1v) is 15.0. The van der Waals surface area contributed by atoms with Crippen LogP contribution in [0.2, 0.25) is 0 Å². The topological polar surface area (TPSA) is 62.2 Å². The van der Waals surface area contributed by atoms with Crippen molar-refractivity contribution in [3.63, 3.8) is 0 Å². The average Bonchev–Trinajstić information content (AvgIpc) is 3.68. The van der Waals surface area contributed by atoms with E-state index in [9.17, 15) is 23.1 Å². The van der Waals surface area contributed by atoms with E-state index in [0.717, 1.165) is 55.6 Å². The van der Waals surface area contributed by atoms with Crippen molar-refractivity contribution in [1.29, 1.82) is 0 Å². The lowest BCUT2D eigenvalue weighted by molar-refractivity contribution is -0.223. The third-order valence-electron chi connectivity index (χ3n) is 10.5. The molecule has 2 aliphatic heterocycles. The van der Waals surface area contributed by atoms with Gasteiger partial charge in [-0.2, -0.15) is 13.2 Å². The maximum atomic E-state index is 13.2. The van der Waals surface area contributed by atoms with Crippen LogP contribution in [0.25, 0.3) is 6.08 Å². The largest absolute Gasteiger partial charge is 0.504 e. The lowest BCUT2D eigenvalue weighted by Crippen LogP contribution is -2.79. The van der Waals surface area contributed by atoms with E-state index in [1.54, 1.807) is 18.2 Å². The van der Waals surface area contributed by atoms with Crippen molar-refractivity contribution < 1.29 is 32.5 Å². The minimum atomic E-state index is -4.39. The number of ether oxygens (including phenoxy) is 2. The van der Waals surface area contributed by atoms with Gasteiger partial charge in [0.25, 0.3) is 0 Å². The molecule has 0 amide bonds. The van der Waals surface area contributed by atoms with Crippen molar-refractivity contribution in [2.75, 3.05) is 26.7 Å². The van der Waals surface area contributed by atoms with Crippen LogP contribution in [0.15, 0.2) is 42.5 Å². The number of hydrogen-bond donors (Lipinski definition) is 1. The maximum Gasteiger partial charge on any atom is 0.416 e. The number of carbonyl (C=O) groups is 1. The smallest absolute Gasteiger partial charge is 0.416 e. The molecule has 1 N–H and O–H groups in total. The van der Waals surface area contributed by atoms with Gasteiger partial charge in [-0.05, 0) is 87.4 Å². The number of carbonyl (C=O) groups excluding carboxylic acids is 1. The second-order valence-corrected chi connectivity index (χ2v) is 12.9. The molecule has 2 aromatic rings. The van der Waals surface area contributed by atoms with Gasteiger partial charge in [0.15, 0.2) is 11.5 Å². The molecule has 6 nitrogen and oxygen atoms in total. The summed E-state index contributed by atoms with van der Waals surface area (Å²) in [7, 11) is 2.01. The first-order chi connectivity index (χ1) is 20.0. The molecule has 5 aliphatic rings. The predicted octanol–water partition coefficient (Wildman–Crippen LogP) is 5.56. The van der Waals surface area contributed by atoms with Crippen molar-refractivity contribution in [3.8, 4) is 11.5 Å². The number of likely N-dealkylation sites (N-methyl/N-ethyl adjacent to an activating group) is 1. The van der Waals surface area contributed by atoms with Gasteiger partial charge in [-0.1, -0.05) is 30.4 Å². The fraction of sp³-hybridized carbons (Fsp3) is 0.545. The van der Waals surface area contributed by atoms with Crippen LogP contribution < -0.4 is 4.74 Å². The van der Waals surface area contributed by atoms with Crippen LogP contribution in [0.3, 0.4) is 0 Å². The number of piperidine rings is 1. The summed E-state index contributed by atoms with van der Waals surface area (Å²) < 4.78 is 52.8. The van der Waals surface area contributed by atoms with E-state index in [1.165, 1.54) is 25.8 Å². The molecule has 3 fully saturated rings. The number of phenolic OH excluding ortho intramolecular Hbond substituents is 1. The highest BCUT2D eigenvalue weighted by molar-refractivity contribution is 5.69. The molecule has 2 aromatic carbocycles. The number of alkyl halides is 3. The summed E-state index contributed by atoms with van der Waals surface area (Å²) in [6.07, 6.45) is 4.29. The number of nitrogens with zero attached hydrogens (tertiary/aromatic N) is 2. The molecule has 7 rings (SSSR count). The zero-order valence-corrected chi connectivity index (χ0v) is 24.0. The summed E-state index contributed by atoms with van der Waals surface area (Å²) in [5.74, 6) is 1.04. The molecule has 42 heavy (non-hydrogen) atoms. The Labute approximate surface area is 244 Å². The first kappa shape index (κ1) is 27.8. The van der Waals surface area contributed by atoms with E-state index in [0.29, 0.717) is 30.2 Å². The number of hydrogen-bond acceptors (Lipinski definition) is 6. The number of benzene rings is 2. The van der Waals surface area contributed by atoms with Crippen molar-refractivity contribution >= 4 is 12.0 Å². The Kier molecular flexibility index (Phi) is 6.44. The summed E-state index contributed by atoms with van der Waals surface area (Å²) in [5.41, 5.74) is 0.645. The highest BCUT2D eigenvalue weighted by Gasteiger charge is 2.75. The molecule has 2 bridgehead atoms. The zero-order chi connectivity index (χ0) is 29.4. The van der Waals surface area contributed by atoms with Gasteiger partial charge in [0.05, 0.1) is 17.0 Å². The van der Waals surface area contributed by atoms with Gasteiger partial charge >= 0.3 is 12.1 Å². The van der Waals surface area contributed by atoms with Crippen LogP contribution in [0.4, 0.5) is 13.2 Å². The van der Waals surface area contributed by atoms with Crippen molar-refractivity contribution in [1.82, 2.24) is 9.80 Å². The van der Waals surface area contributed by atoms with E-state index in [-0.39, 0.29) is 29.9 Å². The van der Waals surface area contributed by atoms with Gasteiger partial charge in [0.1, 0.15) is 11.7 Å². The second-order valence-electron chi connectivity index (χ2n) is 12.9. The van der Waals surface area contributed by atoms with Gasteiger partial charge in [0.2, 0.25) is 0 Å². The summed E-state index contributed by atoms with van der Waals surface area (Å²) in [6, 6.07) is 9.04. The molecular weight excluding hydrogens is 545 g/mol. The number of halogens is 3. The fourth-order valence-corrected chi connectivity index (χ4v) is 8.65. The van der Waals surface area contributed by atoms with E-state index in [4.69, 9.17) is 9.47 Å². The van der Waals surface area contributed by atoms with Crippen LogP contribution in [0.1, 0.15) is 61.3 Å². The Bertz CT molecular complexity index is 1440. The number of aromatic hydroxyl groups is 1. The van der Waals surface area contributed by atoms with Crippen LogP contribution in [-0.4, -0.2) is 71.3 Å². The Balaban J connectivity index is 1.23. The second kappa shape index (κ2) is 9.74. The molecule has 1 saturated heterocycles. The van der Waals surface area contributed by atoms with Crippen molar-refractivity contribution in [2.24, 2.45) is 5.92 Å². The van der Waals surface area contributed by atoms with Crippen LogP contribution in [0, 0.1) is 5.92 Å². The normalized spacial score (nSPS) is 31.7. The third-order valence-corrected chi connectivity index (χ3v) is 10.5. The molecule has 2 unspecified atom stereocenters. The summed E-state index contributed by atoms with van der Waals surface area (Å²) in [6.45, 7) is 3.89. The standard InChI is InChI=1S/C33H37F3N2O4/c1-20(39)42-32-13-12-25(37(2)15-4-6-21-5-3-7-24(17-21)33(34,35)36)30-31(32)14-16-38(19-22-8-9-22)27(32)18-23-10-11-26(40)29(41-30)28(23)31/h3-7,10-11,17,22,25,27,30,40H,8-9,12-16,18-19H2,1-2H3/b6-4+/t25?,27-,30?,31+,32-/m1/s1. The zero-order valence-electron chi connectivity index (χ0n) is 24.0. The number of phenols is 1. The summed E-state index contributed by atoms with van der Waals surface area (Å²) in [5, 5.41) is 11.0. The molecule has 1 spiro atoms. The maximum absolute atomic E-state index is 13.2. The monoisotopic (exact) mass is 582 g/mol. The highest BCUT2D eigenvalue weighted by atomic mass is 19.4. The molecule has 5 atom stereocenters. The van der Waals surface area contributed by atoms with Crippen LogP contribution in [-0.2, 0) is 27.5 Å². The number of rotatable bonds is 7. The summed E-state index contributed by atoms with van der Waals surface area (Å²) >= 11 is 0. The third kappa shape index (κ3) is 4.18. The Morgan fingerprint density at radius 3 is 2.76 bits per heavy atom. The molecule has 224 valence electrons. The molecule has 0 radical (unpaired) electrons. The Morgan fingerprint density at radius 2 is 2.02 bits per heavy atom. The Morgan fingerprint density at radius 1 is 1.21 bits per heavy atom. The quantitative estimate of drug-likeness (QED) is 0.432. The van der Waals surface area contributed by atoms with Crippen LogP contribution in [0.5, 0.6) is 11.5 Å². The minimum absolute atomic E-state index is 0.0388. The highest BCUT2D eigenvalue weighted by Crippen LogP contribution is 2.67. The van der Waals surface area contributed by atoms with Crippen molar-refractivity contribution in [3.05, 3.63) is 64.7 Å². The lowest BCUT2D eigenvalue weighted by Gasteiger charge is -2.65. The number of likely N-dealkylation sites (tertiary alicyclic amines) is 1. The van der Waals surface area contributed by atoms with Gasteiger partial charge in [0, 0.05) is 31.6 Å². The molecule has 0 aromatic heterocycles. The minimum Gasteiger partial charge on any atom is -0.504 e. The van der Waals surface area contributed by atoms with Gasteiger partial charge < -0.3 is 14.6 Å². The SMILES string of the molecule is CC(=O)O[C@@]12CCC(N(C)C/C=C/c3cccc(C(F)(F)F)c3)C3Oc4c(O)ccc5c4[C@@]31CCN(CC1CC1)[C@@H]2C5. The molecule has 2 saturated carbocycles. The number of esters is 1. The predicted molar refractivity (Wildman–Crippen MR) is 151 cm³/mol.